The van der Waals surface area contributed by atoms with Gasteiger partial charge in [0.2, 0.25) is 0 Å². The van der Waals surface area contributed by atoms with Crippen molar-refractivity contribution in [2.75, 3.05) is 0 Å². The summed E-state index contributed by atoms with van der Waals surface area (Å²) < 4.78 is 0. The van der Waals surface area contributed by atoms with Crippen LogP contribution in [0.4, 0.5) is 0 Å². The van der Waals surface area contributed by atoms with Gasteiger partial charge in [0.1, 0.15) is 0 Å². The summed E-state index contributed by atoms with van der Waals surface area (Å²) in [6.45, 7) is 2.04. The van der Waals surface area contributed by atoms with Gasteiger partial charge in [-0.25, -0.2) is 0 Å². The van der Waals surface area contributed by atoms with Gasteiger partial charge < -0.3 is 20.0 Å². The topological polar surface area (TPSA) is 92.6 Å². The number of rotatable bonds is 4. The smallest absolute Gasteiger partial charge is 0.550 e. The molecule has 0 aliphatic heterocycles. The van der Waals surface area contributed by atoms with E-state index in [2.05, 4.69) is 0 Å². The van der Waals surface area contributed by atoms with Gasteiger partial charge in [0.05, 0.1) is 0 Å². The van der Waals surface area contributed by atoms with Crippen molar-refractivity contribution in [1.82, 2.24) is 0 Å². The number of nitrogens with zero attached hydrogens (tertiary/aromatic N) is 1. The van der Waals surface area contributed by atoms with Crippen molar-refractivity contribution in [1.29, 1.82) is 0 Å². The normalized spacial score (nSPS) is 6.54. The van der Waals surface area contributed by atoms with E-state index in [0.717, 1.165) is 24.6 Å². The van der Waals surface area contributed by atoms with E-state index in [9.17, 15) is 9.90 Å². The molecule has 0 bridgehead atoms. The monoisotopic (exact) mass is 207 g/mol. The summed E-state index contributed by atoms with van der Waals surface area (Å²) in [5.41, 5.74) is 0. The van der Waals surface area contributed by atoms with E-state index in [4.69, 9.17) is 10.1 Å². The first kappa shape index (κ1) is 23.6. The SMILES string of the molecule is CCCCCC(=O)[O-].O=N[O-].[Na+].[Na+]. The van der Waals surface area contributed by atoms with Gasteiger partial charge in [0, 0.05) is 5.97 Å². The third-order valence-corrected chi connectivity index (χ3v) is 0.984. The maximum Gasteiger partial charge on any atom is 1.00 e. The molecular formula is C6H11NNa2O4. The Morgan fingerprint density at radius 2 is 1.69 bits per heavy atom. The second kappa shape index (κ2) is 23.0. The Morgan fingerprint density at radius 1 is 1.31 bits per heavy atom. The van der Waals surface area contributed by atoms with Crippen LogP contribution in [0.1, 0.15) is 32.6 Å². The first-order chi connectivity index (χ1) is 5.18. The molecule has 0 heterocycles. The van der Waals surface area contributed by atoms with Crippen LogP contribution in [0.3, 0.4) is 0 Å². The minimum absolute atomic E-state index is 0. The predicted molar refractivity (Wildman–Crippen MR) is 38.3 cm³/mol. The molecule has 0 amide bonds. The fraction of sp³-hybridized carbons (Fsp3) is 0.833. The molecule has 0 aromatic rings. The van der Waals surface area contributed by atoms with Crippen LogP contribution in [0.25, 0.3) is 0 Å². The number of carbonyl (C=O) groups excluding carboxylic acids is 1. The van der Waals surface area contributed by atoms with Gasteiger partial charge in [-0.1, -0.05) is 19.8 Å². The van der Waals surface area contributed by atoms with Crippen molar-refractivity contribution < 1.29 is 69.0 Å². The van der Waals surface area contributed by atoms with Gasteiger partial charge in [-0.2, -0.15) is 0 Å². The number of unbranched alkanes of at least 4 members (excludes halogenated alkanes) is 2. The molecular weight excluding hydrogens is 196 g/mol. The largest absolute Gasteiger partial charge is 1.00 e. The summed E-state index contributed by atoms with van der Waals surface area (Å²) in [4.78, 5) is 17.8. The minimum Gasteiger partial charge on any atom is -0.550 e. The minimum atomic E-state index is -0.932. The molecule has 0 aliphatic carbocycles. The van der Waals surface area contributed by atoms with E-state index >= 15 is 0 Å². The molecule has 0 spiro atoms. The fourth-order valence-electron chi connectivity index (χ4n) is 0.519. The Kier molecular flexibility index (Phi) is 41.8. The summed E-state index contributed by atoms with van der Waals surface area (Å²) >= 11 is 0. The number of carboxylic acid groups (broad SMARTS) is 1. The van der Waals surface area contributed by atoms with Crippen molar-refractivity contribution in [2.24, 2.45) is 5.34 Å². The molecule has 0 aliphatic rings. The first-order valence-corrected chi connectivity index (χ1v) is 3.33. The quantitative estimate of drug-likeness (QED) is 0.199. The van der Waals surface area contributed by atoms with Crippen LogP contribution in [0.15, 0.2) is 5.34 Å². The van der Waals surface area contributed by atoms with E-state index in [0.29, 0.717) is 0 Å². The van der Waals surface area contributed by atoms with Crippen LogP contribution in [-0.4, -0.2) is 5.97 Å². The predicted octanol–water partition coefficient (Wildman–Crippen LogP) is -5.42. The van der Waals surface area contributed by atoms with Crippen LogP contribution in [-0.2, 0) is 4.79 Å². The molecule has 0 radical (unpaired) electrons. The average Bonchev–Trinajstić information content (AvgIpc) is 1.89. The molecule has 0 rings (SSSR count). The number of hydrogen-bond acceptors (Lipinski definition) is 5. The van der Waals surface area contributed by atoms with Crippen LogP contribution in [0.5, 0.6) is 0 Å². The number of aliphatic carboxylic acids is 1. The van der Waals surface area contributed by atoms with E-state index in [1.807, 2.05) is 6.92 Å². The zero-order chi connectivity index (χ0) is 9.11. The number of carboxylic acids is 1. The Hall–Kier alpha value is 0.870. The average molecular weight is 207 g/mol. The van der Waals surface area contributed by atoms with E-state index < -0.39 is 5.97 Å². The molecule has 0 aromatic heterocycles. The van der Waals surface area contributed by atoms with Crippen molar-refractivity contribution in [3.05, 3.63) is 10.1 Å². The molecule has 0 atom stereocenters. The summed E-state index contributed by atoms with van der Waals surface area (Å²) in [5.74, 6) is -0.932. The Balaban J connectivity index is -0.0000000720. The Labute approximate surface area is 122 Å². The standard InChI is InChI=1S/C6H12O2.HNO2.2Na/c1-2-3-4-5-6(7)8;2-1-3;;/h2-5H2,1H3,(H,7,8);(H,2,3);;/q;;2*+1/p-2. The van der Waals surface area contributed by atoms with Gasteiger partial charge in [0.15, 0.2) is 0 Å². The van der Waals surface area contributed by atoms with E-state index in [-0.39, 0.29) is 65.5 Å². The Morgan fingerprint density at radius 3 is 1.92 bits per heavy atom. The molecule has 0 saturated heterocycles. The van der Waals surface area contributed by atoms with Crippen LogP contribution >= 0.6 is 0 Å². The van der Waals surface area contributed by atoms with Gasteiger partial charge >= 0.3 is 59.1 Å². The van der Waals surface area contributed by atoms with E-state index in [1.54, 1.807) is 0 Å². The molecule has 0 N–H and O–H groups in total. The number of hydrogen-bond donors (Lipinski definition) is 0. The molecule has 0 saturated carbocycles. The second-order valence-corrected chi connectivity index (χ2v) is 1.90. The van der Waals surface area contributed by atoms with Crippen molar-refractivity contribution in [3.63, 3.8) is 0 Å². The molecule has 13 heavy (non-hydrogen) atoms. The maximum absolute atomic E-state index is 9.76. The van der Waals surface area contributed by atoms with Crippen molar-refractivity contribution in [2.45, 2.75) is 32.6 Å². The van der Waals surface area contributed by atoms with Gasteiger partial charge in [-0.15, -0.1) is 5.34 Å². The third-order valence-electron chi connectivity index (χ3n) is 0.984. The summed E-state index contributed by atoms with van der Waals surface area (Å²) in [5, 5.41) is 18.8. The van der Waals surface area contributed by atoms with Gasteiger partial charge in [-0.05, 0) is 12.8 Å². The zero-order valence-corrected chi connectivity index (χ0v) is 12.4. The summed E-state index contributed by atoms with van der Waals surface area (Å²) in [6, 6.07) is 0. The van der Waals surface area contributed by atoms with Crippen LogP contribution < -0.4 is 64.2 Å². The fourth-order valence-corrected chi connectivity index (χ4v) is 0.519. The summed E-state index contributed by atoms with van der Waals surface area (Å²) in [6.07, 6.45) is 3.04. The van der Waals surface area contributed by atoms with E-state index in [1.165, 1.54) is 0 Å². The molecule has 0 aromatic carbocycles. The molecule has 0 fully saturated rings. The van der Waals surface area contributed by atoms with Crippen LogP contribution in [0.2, 0.25) is 0 Å². The zero-order valence-electron chi connectivity index (χ0n) is 8.41. The molecule has 0 unspecified atom stereocenters. The van der Waals surface area contributed by atoms with Gasteiger partial charge in [0.25, 0.3) is 0 Å². The molecule has 5 nitrogen and oxygen atoms in total. The molecule has 66 valence electrons. The second-order valence-electron chi connectivity index (χ2n) is 1.90. The molecule has 7 heteroatoms. The third kappa shape index (κ3) is 44.1. The first-order valence-electron chi connectivity index (χ1n) is 3.33. The van der Waals surface area contributed by atoms with Crippen molar-refractivity contribution in [3.8, 4) is 0 Å². The van der Waals surface area contributed by atoms with Crippen molar-refractivity contribution >= 4 is 5.97 Å². The Bertz CT molecular complexity index is 113. The maximum atomic E-state index is 9.76. The van der Waals surface area contributed by atoms with Crippen LogP contribution in [0, 0.1) is 10.1 Å². The number of carbonyl (C=O) groups is 1. The van der Waals surface area contributed by atoms with Gasteiger partial charge in [-0.3, -0.25) is 0 Å². The summed E-state index contributed by atoms with van der Waals surface area (Å²) in [7, 11) is 0.